The molecule has 0 spiro atoms. The first-order valence-electron chi connectivity index (χ1n) is 5.74. The fraction of sp³-hybridized carbons (Fsp3) is 0.500. The first kappa shape index (κ1) is 13.6. The van der Waals surface area contributed by atoms with Crippen LogP contribution in [0.5, 0.6) is 5.75 Å². The number of nitrogens with two attached hydrogens (primary N) is 1. The van der Waals surface area contributed by atoms with Gasteiger partial charge in [-0.15, -0.1) is 0 Å². The number of carbonyl (C=O) groups excluding carboxylic acids is 1. The summed E-state index contributed by atoms with van der Waals surface area (Å²) in [4.78, 5) is 11.2. The lowest BCUT2D eigenvalue weighted by Crippen LogP contribution is -2.36. The smallest absolute Gasteiger partial charge is 0.226 e. The minimum atomic E-state index is -0.648. The second-order valence-electron chi connectivity index (χ2n) is 5.24. The zero-order chi connectivity index (χ0) is 13.2. The van der Waals surface area contributed by atoms with Gasteiger partial charge in [0.1, 0.15) is 12.4 Å². The van der Waals surface area contributed by atoms with Crippen LogP contribution in [0.4, 0.5) is 0 Å². The molecule has 3 heteroatoms. The maximum absolute atomic E-state index is 11.2. The zero-order valence-corrected chi connectivity index (χ0v) is 11.3. The average Bonchev–Trinajstić information content (AvgIpc) is 2.21. The van der Waals surface area contributed by atoms with E-state index in [1.807, 2.05) is 19.9 Å². The van der Waals surface area contributed by atoms with E-state index in [4.69, 9.17) is 10.5 Å². The average molecular weight is 235 g/mol. The van der Waals surface area contributed by atoms with Gasteiger partial charge in [0.2, 0.25) is 5.91 Å². The fourth-order valence-electron chi connectivity index (χ4n) is 1.42. The number of hydrogen-bond donors (Lipinski definition) is 1. The summed E-state index contributed by atoms with van der Waals surface area (Å²) in [6, 6.07) is 4.09. The predicted molar refractivity (Wildman–Crippen MR) is 69.1 cm³/mol. The molecule has 0 aliphatic heterocycles. The maximum atomic E-state index is 11.2. The Hall–Kier alpha value is -1.51. The standard InChI is InChI=1S/C14H21NO2/c1-9-6-11(3)12(7-10(9)2)17-8-14(4,5)13(15)16/h6-7H,8H2,1-5H3,(H2,15,16). The van der Waals surface area contributed by atoms with Gasteiger partial charge in [0.05, 0.1) is 5.41 Å². The van der Waals surface area contributed by atoms with E-state index in [-0.39, 0.29) is 5.91 Å². The van der Waals surface area contributed by atoms with Crippen molar-refractivity contribution in [3.05, 3.63) is 28.8 Å². The predicted octanol–water partition coefficient (Wildman–Crippen LogP) is 2.50. The summed E-state index contributed by atoms with van der Waals surface area (Å²) in [6.07, 6.45) is 0. The maximum Gasteiger partial charge on any atom is 0.226 e. The summed E-state index contributed by atoms with van der Waals surface area (Å²) in [5.74, 6) is 0.474. The Kier molecular flexibility index (Phi) is 3.81. The van der Waals surface area contributed by atoms with Crippen LogP contribution in [-0.4, -0.2) is 12.5 Å². The molecule has 0 aliphatic carbocycles. The molecule has 0 unspecified atom stereocenters. The molecule has 1 amide bonds. The van der Waals surface area contributed by atoms with Gasteiger partial charge >= 0.3 is 0 Å². The molecule has 1 rings (SSSR count). The van der Waals surface area contributed by atoms with Crippen molar-refractivity contribution in [2.75, 3.05) is 6.61 Å². The van der Waals surface area contributed by atoms with E-state index in [1.54, 1.807) is 13.8 Å². The minimum absolute atomic E-state index is 0.297. The molecule has 17 heavy (non-hydrogen) atoms. The van der Waals surface area contributed by atoms with Crippen LogP contribution in [0.2, 0.25) is 0 Å². The van der Waals surface area contributed by atoms with Crippen LogP contribution in [0, 0.1) is 26.2 Å². The van der Waals surface area contributed by atoms with Gasteiger partial charge in [-0.05, 0) is 57.4 Å². The summed E-state index contributed by atoms with van der Waals surface area (Å²) in [5.41, 5.74) is 8.16. The molecule has 0 aromatic heterocycles. The second-order valence-corrected chi connectivity index (χ2v) is 5.24. The van der Waals surface area contributed by atoms with Crippen LogP contribution in [0.15, 0.2) is 12.1 Å². The summed E-state index contributed by atoms with van der Waals surface area (Å²) in [6.45, 7) is 9.97. The Morgan fingerprint density at radius 2 is 1.71 bits per heavy atom. The summed E-state index contributed by atoms with van der Waals surface area (Å²) >= 11 is 0. The molecule has 94 valence electrons. The van der Waals surface area contributed by atoms with Crippen LogP contribution >= 0.6 is 0 Å². The number of hydrogen-bond acceptors (Lipinski definition) is 2. The monoisotopic (exact) mass is 235 g/mol. The third kappa shape index (κ3) is 3.22. The first-order valence-corrected chi connectivity index (χ1v) is 5.74. The highest BCUT2D eigenvalue weighted by Crippen LogP contribution is 2.24. The Morgan fingerprint density at radius 1 is 1.18 bits per heavy atom. The van der Waals surface area contributed by atoms with E-state index in [0.29, 0.717) is 6.61 Å². The second kappa shape index (κ2) is 4.78. The van der Waals surface area contributed by atoms with Crippen molar-refractivity contribution in [1.29, 1.82) is 0 Å². The highest BCUT2D eigenvalue weighted by Gasteiger charge is 2.26. The van der Waals surface area contributed by atoms with Crippen LogP contribution < -0.4 is 10.5 Å². The van der Waals surface area contributed by atoms with Crippen LogP contribution in [0.3, 0.4) is 0 Å². The van der Waals surface area contributed by atoms with Gasteiger partial charge in [-0.3, -0.25) is 4.79 Å². The van der Waals surface area contributed by atoms with Crippen molar-refractivity contribution in [3.8, 4) is 5.75 Å². The highest BCUT2D eigenvalue weighted by atomic mass is 16.5. The number of amides is 1. The topological polar surface area (TPSA) is 52.3 Å². The number of rotatable bonds is 4. The molecule has 0 bridgehead atoms. The normalized spacial score (nSPS) is 11.4. The van der Waals surface area contributed by atoms with Gasteiger partial charge in [0, 0.05) is 0 Å². The SMILES string of the molecule is Cc1cc(C)c(OCC(C)(C)C(N)=O)cc1C. The number of primary amides is 1. The van der Waals surface area contributed by atoms with Crippen molar-refractivity contribution < 1.29 is 9.53 Å². The molecule has 1 aromatic carbocycles. The number of carbonyl (C=O) groups is 1. The highest BCUT2D eigenvalue weighted by molar-refractivity contribution is 5.80. The molecule has 0 radical (unpaired) electrons. The van der Waals surface area contributed by atoms with E-state index in [0.717, 1.165) is 11.3 Å². The molecule has 1 aromatic rings. The van der Waals surface area contributed by atoms with Crippen molar-refractivity contribution >= 4 is 5.91 Å². The van der Waals surface area contributed by atoms with Gasteiger partial charge in [0.25, 0.3) is 0 Å². The lowest BCUT2D eigenvalue weighted by Gasteiger charge is -2.22. The fourth-order valence-corrected chi connectivity index (χ4v) is 1.42. The largest absolute Gasteiger partial charge is 0.492 e. The van der Waals surface area contributed by atoms with Crippen molar-refractivity contribution in [3.63, 3.8) is 0 Å². The lowest BCUT2D eigenvalue weighted by atomic mass is 9.94. The number of aryl methyl sites for hydroxylation is 3. The van der Waals surface area contributed by atoms with Crippen molar-refractivity contribution in [2.45, 2.75) is 34.6 Å². The lowest BCUT2D eigenvalue weighted by molar-refractivity contribution is -0.127. The summed E-state index contributed by atoms with van der Waals surface area (Å²) < 4.78 is 5.70. The molecule has 0 heterocycles. The van der Waals surface area contributed by atoms with E-state index >= 15 is 0 Å². The third-order valence-corrected chi connectivity index (χ3v) is 3.05. The molecule has 3 nitrogen and oxygen atoms in total. The van der Waals surface area contributed by atoms with Crippen molar-refractivity contribution in [1.82, 2.24) is 0 Å². The molecule has 0 aliphatic rings. The van der Waals surface area contributed by atoms with E-state index in [1.165, 1.54) is 11.1 Å². The molecule has 0 saturated carbocycles. The Balaban J connectivity index is 2.83. The molecule has 0 atom stereocenters. The summed E-state index contributed by atoms with van der Waals surface area (Å²) in [7, 11) is 0. The van der Waals surface area contributed by atoms with Crippen LogP contribution in [0.1, 0.15) is 30.5 Å². The van der Waals surface area contributed by atoms with E-state index < -0.39 is 5.41 Å². The third-order valence-electron chi connectivity index (χ3n) is 3.05. The first-order chi connectivity index (χ1) is 7.74. The molecule has 0 fully saturated rings. The molecular weight excluding hydrogens is 214 g/mol. The van der Waals surface area contributed by atoms with E-state index in [2.05, 4.69) is 13.0 Å². The van der Waals surface area contributed by atoms with Gasteiger partial charge in [-0.1, -0.05) is 6.07 Å². The Morgan fingerprint density at radius 3 is 2.24 bits per heavy atom. The molecule has 2 N–H and O–H groups in total. The van der Waals surface area contributed by atoms with Gasteiger partial charge in [-0.25, -0.2) is 0 Å². The zero-order valence-electron chi connectivity index (χ0n) is 11.3. The quantitative estimate of drug-likeness (QED) is 0.871. The number of ether oxygens (including phenoxy) is 1. The van der Waals surface area contributed by atoms with Gasteiger partial charge in [0.15, 0.2) is 0 Å². The minimum Gasteiger partial charge on any atom is -0.492 e. The molecule has 0 saturated heterocycles. The Labute approximate surface area is 103 Å². The molecular formula is C14H21NO2. The summed E-state index contributed by atoms with van der Waals surface area (Å²) in [5, 5.41) is 0. The van der Waals surface area contributed by atoms with Crippen molar-refractivity contribution in [2.24, 2.45) is 11.1 Å². The van der Waals surface area contributed by atoms with Crippen LogP contribution in [0.25, 0.3) is 0 Å². The van der Waals surface area contributed by atoms with Gasteiger partial charge < -0.3 is 10.5 Å². The van der Waals surface area contributed by atoms with Gasteiger partial charge in [-0.2, -0.15) is 0 Å². The van der Waals surface area contributed by atoms with Crippen LogP contribution in [-0.2, 0) is 4.79 Å². The van der Waals surface area contributed by atoms with E-state index in [9.17, 15) is 4.79 Å². The number of benzene rings is 1. The Bertz CT molecular complexity index is 436.